The lowest BCUT2D eigenvalue weighted by Gasteiger charge is -2.24. The van der Waals surface area contributed by atoms with Gasteiger partial charge < -0.3 is 19.7 Å². The van der Waals surface area contributed by atoms with Crippen LogP contribution in [0.25, 0.3) is 11.3 Å². The number of hydrogen-bond donors (Lipinski definition) is 1. The molecule has 0 radical (unpaired) electrons. The predicted octanol–water partition coefficient (Wildman–Crippen LogP) is 5.14. The Morgan fingerprint density at radius 2 is 1.59 bits per heavy atom. The number of methoxy groups -OCH3 is 2. The van der Waals surface area contributed by atoms with Crippen molar-refractivity contribution in [3.8, 4) is 22.8 Å². The highest BCUT2D eigenvalue weighted by molar-refractivity contribution is 5.97. The molecule has 0 saturated carbocycles. The summed E-state index contributed by atoms with van der Waals surface area (Å²) in [6.45, 7) is 7.77. The molecule has 0 aliphatic carbocycles. The summed E-state index contributed by atoms with van der Waals surface area (Å²) < 4.78 is 13.2. The lowest BCUT2D eigenvalue weighted by molar-refractivity contribution is -0.132. The van der Waals surface area contributed by atoms with Crippen molar-refractivity contribution in [3.63, 3.8) is 0 Å². The summed E-state index contributed by atoms with van der Waals surface area (Å²) in [6, 6.07) is 16.8. The Hall–Kier alpha value is -3.81. The van der Waals surface area contributed by atoms with Crippen molar-refractivity contribution >= 4 is 11.8 Å². The van der Waals surface area contributed by atoms with E-state index in [-0.39, 0.29) is 29.5 Å². The van der Waals surface area contributed by atoms with Crippen molar-refractivity contribution in [2.75, 3.05) is 27.3 Å². The number of amides is 2. The number of carbonyl (C=O) groups is 2. The lowest BCUT2D eigenvalue weighted by atomic mass is 10.0. The first-order valence-corrected chi connectivity index (χ1v) is 13.8. The summed E-state index contributed by atoms with van der Waals surface area (Å²) in [4.78, 5) is 29.0. The maximum atomic E-state index is 13.7. The van der Waals surface area contributed by atoms with Gasteiger partial charge in [0.2, 0.25) is 5.91 Å². The van der Waals surface area contributed by atoms with Crippen LogP contribution in [0.5, 0.6) is 11.5 Å². The molecule has 208 valence electrons. The van der Waals surface area contributed by atoms with E-state index < -0.39 is 6.04 Å². The van der Waals surface area contributed by atoms with E-state index in [0.717, 1.165) is 42.8 Å². The van der Waals surface area contributed by atoms with E-state index in [4.69, 9.17) is 14.6 Å². The van der Waals surface area contributed by atoms with Crippen LogP contribution in [0.15, 0.2) is 54.6 Å². The summed E-state index contributed by atoms with van der Waals surface area (Å²) in [5.74, 6) is 1.12. The van der Waals surface area contributed by atoms with Gasteiger partial charge in [0.15, 0.2) is 5.69 Å². The molecule has 0 spiro atoms. The number of hydrogen-bond acceptors (Lipinski definition) is 5. The van der Waals surface area contributed by atoms with Gasteiger partial charge in [-0.25, -0.2) is 0 Å². The number of aryl methyl sites for hydroxylation is 1. The Kier molecular flexibility index (Phi) is 9.28. The van der Waals surface area contributed by atoms with Crippen molar-refractivity contribution in [1.29, 1.82) is 0 Å². The average molecular weight is 533 g/mol. The van der Waals surface area contributed by atoms with Crippen LogP contribution in [0.3, 0.4) is 0 Å². The van der Waals surface area contributed by atoms with E-state index in [9.17, 15) is 9.59 Å². The zero-order valence-electron chi connectivity index (χ0n) is 23.6. The fraction of sp³-hybridized carbons (Fsp3) is 0.452. The molecule has 1 saturated heterocycles. The maximum Gasteiger partial charge on any atom is 0.272 e. The molecule has 2 heterocycles. The summed E-state index contributed by atoms with van der Waals surface area (Å²) in [5, 5.41) is 7.78. The van der Waals surface area contributed by atoms with E-state index in [1.54, 1.807) is 20.3 Å². The quantitative estimate of drug-likeness (QED) is 0.370. The van der Waals surface area contributed by atoms with Crippen molar-refractivity contribution in [3.05, 3.63) is 65.9 Å². The molecule has 2 aromatic carbocycles. The molecular weight excluding hydrogens is 492 g/mol. The molecule has 8 nitrogen and oxygen atoms in total. The summed E-state index contributed by atoms with van der Waals surface area (Å²) in [5.41, 5.74) is 2.84. The molecule has 1 aliphatic heterocycles. The topological polar surface area (TPSA) is 85.7 Å². The number of ether oxygens (including phenoxy) is 2. The van der Waals surface area contributed by atoms with Crippen LogP contribution >= 0.6 is 0 Å². The highest BCUT2D eigenvalue weighted by Crippen LogP contribution is 2.40. The van der Waals surface area contributed by atoms with Crippen LogP contribution in [-0.4, -0.2) is 59.8 Å². The molecule has 8 heteroatoms. The minimum atomic E-state index is -0.632. The second-order valence-corrected chi connectivity index (χ2v) is 10.5. The third-order valence-electron chi connectivity index (χ3n) is 7.59. The first kappa shape index (κ1) is 28.2. The number of nitrogens with zero attached hydrogens (tertiary/aromatic N) is 3. The highest BCUT2D eigenvalue weighted by atomic mass is 16.5. The molecule has 39 heavy (non-hydrogen) atoms. The number of benzene rings is 2. The van der Waals surface area contributed by atoms with Gasteiger partial charge in [-0.3, -0.25) is 14.3 Å². The van der Waals surface area contributed by atoms with E-state index in [1.165, 1.54) is 0 Å². The number of rotatable bonds is 11. The fourth-order valence-corrected chi connectivity index (χ4v) is 4.99. The zero-order valence-corrected chi connectivity index (χ0v) is 23.6. The normalized spacial score (nSPS) is 14.8. The zero-order chi connectivity index (χ0) is 27.9. The standard InChI is InChI=1S/C31H40N4O4/c1-21(2)22(3)35-26(29-27(38-4)14-11-15-28(29)39-5)20-25(33-35)30(36)32-24(31(37)34-18-9-10-19-34)17-16-23-12-7-6-8-13-23/h6-8,11-15,20-22,24H,9-10,16-19H2,1-5H3,(H,32,36)/t22?,24-/m0/s1. The van der Waals surface area contributed by atoms with Crippen molar-refractivity contribution in [1.82, 2.24) is 20.0 Å². The van der Waals surface area contributed by atoms with Gasteiger partial charge >= 0.3 is 0 Å². The second kappa shape index (κ2) is 12.8. The summed E-state index contributed by atoms with van der Waals surface area (Å²) in [6.07, 6.45) is 3.19. The largest absolute Gasteiger partial charge is 0.496 e. The second-order valence-electron chi connectivity index (χ2n) is 10.5. The van der Waals surface area contributed by atoms with Gasteiger partial charge in [-0.05, 0) is 62.3 Å². The van der Waals surface area contributed by atoms with E-state index in [1.807, 2.05) is 58.1 Å². The average Bonchev–Trinajstić information content (AvgIpc) is 3.65. The number of nitrogens with one attached hydrogen (secondary N) is 1. The Labute approximate surface area is 231 Å². The summed E-state index contributed by atoms with van der Waals surface area (Å²) in [7, 11) is 3.22. The Morgan fingerprint density at radius 1 is 0.949 bits per heavy atom. The predicted molar refractivity (Wildman–Crippen MR) is 152 cm³/mol. The third-order valence-corrected chi connectivity index (χ3v) is 7.59. The Morgan fingerprint density at radius 3 is 2.18 bits per heavy atom. The Balaban J connectivity index is 1.67. The number of aromatic nitrogens is 2. The maximum absolute atomic E-state index is 13.7. The van der Waals surface area contributed by atoms with E-state index in [0.29, 0.717) is 24.3 Å². The van der Waals surface area contributed by atoms with Crippen LogP contribution in [-0.2, 0) is 11.2 Å². The summed E-state index contributed by atoms with van der Waals surface area (Å²) >= 11 is 0. The first-order chi connectivity index (χ1) is 18.8. The molecule has 2 amide bonds. The van der Waals surface area contributed by atoms with Gasteiger partial charge in [-0.2, -0.15) is 5.10 Å². The molecular formula is C31H40N4O4. The first-order valence-electron chi connectivity index (χ1n) is 13.8. The number of likely N-dealkylation sites (tertiary alicyclic amines) is 1. The van der Waals surface area contributed by atoms with Crippen molar-refractivity contribution < 1.29 is 19.1 Å². The van der Waals surface area contributed by atoms with Crippen LogP contribution in [0.1, 0.15) is 62.1 Å². The molecule has 1 aliphatic rings. The van der Waals surface area contributed by atoms with E-state index in [2.05, 4.69) is 26.1 Å². The molecule has 4 rings (SSSR count). The minimum absolute atomic E-state index is 0.00345. The van der Waals surface area contributed by atoms with Gasteiger partial charge in [0.05, 0.1) is 31.5 Å². The van der Waals surface area contributed by atoms with Gasteiger partial charge in [0, 0.05) is 13.1 Å². The molecule has 1 aromatic heterocycles. The van der Waals surface area contributed by atoms with Crippen molar-refractivity contribution in [2.45, 2.75) is 58.5 Å². The van der Waals surface area contributed by atoms with Crippen LogP contribution in [0.2, 0.25) is 0 Å². The monoisotopic (exact) mass is 532 g/mol. The molecule has 1 unspecified atom stereocenters. The van der Waals surface area contributed by atoms with Crippen LogP contribution < -0.4 is 14.8 Å². The lowest BCUT2D eigenvalue weighted by Crippen LogP contribution is -2.48. The smallest absolute Gasteiger partial charge is 0.272 e. The molecule has 1 N–H and O–H groups in total. The molecule has 0 bridgehead atoms. The van der Waals surface area contributed by atoms with Crippen LogP contribution in [0.4, 0.5) is 0 Å². The minimum Gasteiger partial charge on any atom is -0.496 e. The SMILES string of the molecule is COc1cccc(OC)c1-c1cc(C(=O)N[C@@H](CCc2ccccc2)C(=O)N2CCCC2)nn1C(C)C(C)C. The van der Waals surface area contributed by atoms with Crippen molar-refractivity contribution in [2.24, 2.45) is 5.92 Å². The van der Waals surface area contributed by atoms with Gasteiger partial charge in [-0.15, -0.1) is 0 Å². The third kappa shape index (κ3) is 6.44. The number of carbonyl (C=O) groups excluding carboxylic acids is 2. The van der Waals surface area contributed by atoms with Gasteiger partial charge in [0.25, 0.3) is 5.91 Å². The molecule has 3 aromatic rings. The molecule has 1 fully saturated rings. The highest BCUT2D eigenvalue weighted by Gasteiger charge is 2.30. The van der Waals surface area contributed by atoms with Gasteiger partial charge in [-0.1, -0.05) is 50.2 Å². The van der Waals surface area contributed by atoms with Gasteiger partial charge in [0.1, 0.15) is 17.5 Å². The van der Waals surface area contributed by atoms with Crippen LogP contribution in [0, 0.1) is 5.92 Å². The van der Waals surface area contributed by atoms with E-state index >= 15 is 0 Å². The Bertz CT molecular complexity index is 1240. The molecule has 2 atom stereocenters. The fourth-order valence-electron chi connectivity index (χ4n) is 4.99.